The van der Waals surface area contributed by atoms with Gasteiger partial charge in [-0.2, -0.15) is 0 Å². The number of pyridine rings is 1. The Morgan fingerprint density at radius 3 is 2.52 bits per heavy atom. The zero-order chi connectivity index (χ0) is 15.2. The van der Waals surface area contributed by atoms with E-state index in [-0.39, 0.29) is 11.7 Å². The Balaban J connectivity index is 1.94. The first-order chi connectivity index (χ1) is 10.1. The normalized spacial score (nSPS) is 14.1. The predicted octanol–water partition coefficient (Wildman–Crippen LogP) is 3.02. The molecule has 0 amide bonds. The van der Waals surface area contributed by atoms with Crippen LogP contribution in [0.15, 0.2) is 48.8 Å². The molecule has 1 N–H and O–H groups in total. The van der Waals surface area contributed by atoms with Crippen molar-refractivity contribution in [2.45, 2.75) is 19.6 Å². The largest absolute Gasteiger partial charge is 0.388 e. The molecule has 0 saturated heterocycles. The van der Waals surface area contributed by atoms with Crippen molar-refractivity contribution in [1.82, 2.24) is 9.88 Å². The van der Waals surface area contributed by atoms with Gasteiger partial charge in [0.2, 0.25) is 0 Å². The fraction of sp³-hybridized carbons (Fsp3) is 0.353. The summed E-state index contributed by atoms with van der Waals surface area (Å²) in [5.74, 6) is -0.414. The van der Waals surface area contributed by atoms with Gasteiger partial charge in [-0.05, 0) is 36.7 Å². The molecule has 0 bridgehead atoms. The average Bonchev–Trinajstić information content (AvgIpc) is 2.48. The molecule has 4 heteroatoms. The summed E-state index contributed by atoms with van der Waals surface area (Å²) in [6.07, 6.45) is 2.73. The minimum absolute atomic E-state index is 0.0614. The van der Waals surface area contributed by atoms with Gasteiger partial charge in [0.05, 0.1) is 6.10 Å². The van der Waals surface area contributed by atoms with Crippen LogP contribution >= 0.6 is 0 Å². The Bertz CT molecular complexity index is 562. The predicted molar refractivity (Wildman–Crippen MR) is 81.1 cm³/mol. The Hall–Kier alpha value is -1.78. The number of hydrogen-bond donors (Lipinski definition) is 1. The van der Waals surface area contributed by atoms with Crippen LogP contribution in [0.3, 0.4) is 0 Å². The van der Waals surface area contributed by atoms with Gasteiger partial charge in [0.15, 0.2) is 0 Å². The molecule has 0 aliphatic heterocycles. The molecule has 2 aromatic rings. The van der Waals surface area contributed by atoms with Gasteiger partial charge >= 0.3 is 0 Å². The van der Waals surface area contributed by atoms with Gasteiger partial charge in [-0.3, -0.25) is 4.98 Å². The Kier molecular flexibility index (Phi) is 5.42. The first-order valence-corrected chi connectivity index (χ1v) is 7.08. The van der Waals surface area contributed by atoms with E-state index in [9.17, 15) is 9.50 Å². The molecular weight excluding hydrogens is 267 g/mol. The van der Waals surface area contributed by atoms with Crippen LogP contribution in [0, 0.1) is 11.7 Å². The number of benzene rings is 1. The monoisotopic (exact) mass is 288 g/mol. The quantitative estimate of drug-likeness (QED) is 0.887. The molecule has 112 valence electrons. The minimum Gasteiger partial charge on any atom is -0.388 e. The second-order valence-corrected chi connectivity index (χ2v) is 5.50. The lowest BCUT2D eigenvalue weighted by atomic mass is 9.96. The molecule has 1 heterocycles. The highest BCUT2D eigenvalue weighted by Crippen LogP contribution is 2.24. The smallest absolute Gasteiger partial charge is 0.129 e. The highest BCUT2D eigenvalue weighted by atomic mass is 19.1. The molecule has 0 aliphatic carbocycles. The Labute approximate surface area is 125 Å². The topological polar surface area (TPSA) is 36.4 Å². The number of hydrogen-bond acceptors (Lipinski definition) is 3. The van der Waals surface area contributed by atoms with Crippen LogP contribution in [0.5, 0.6) is 0 Å². The van der Waals surface area contributed by atoms with Crippen molar-refractivity contribution in [3.8, 4) is 0 Å². The van der Waals surface area contributed by atoms with Crippen LogP contribution < -0.4 is 0 Å². The third-order valence-electron chi connectivity index (χ3n) is 3.56. The first kappa shape index (κ1) is 15.6. The molecule has 2 unspecified atom stereocenters. The molecule has 3 nitrogen and oxygen atoms in total. The van der Waals surface area contributed by atoms with E-state index in [0.717, 1.165) is 6.54 Å². The SMILES string of the molecule is CC(CN(C)Cc1ccncc1)C(O)c1ccccc1F. The zero-order valence-electron chi connectivity index (χ0n) is 12.4. The molecule has 2 atom stereocenters. The van der Waals surface area contributed by atoms with Crippen molar-refractivity contribution in [2.75, 3.05) is 13.6 Å². The van der Waals surface area contributed by atoms with Crippen molar-refractivity contribution in [3.05, 3.63) is 65.7 Å². The van der Waals surface area contributed by atoms with Crippen LogP contribution in [0.2, 0.25) is 0 Å². The van der Waals surface area contributed by atoms with Crippen molar-refractivity contribution in [3.63, 3.8) is 0 Å². The van der Waals surface area contributed by atoms with Crippen LogP contribution in [0.4, 0.5) is 4.39 Å². The van der Waals surface area contributed by atoms with E-state index < -0.39 is 6.10 Å². The molecule has 0 saturated carbocycles. The number of halogens is 1. The fourth-order valence-electron chi connectivity index (χ4n) is 2.48. The van der Waals surface area contributed by atoms with Gasteiger partial charge in [-0.15, -0.1) is 0 Å². The second-order valence-electron chi connectivity index (χ2n) is 5.50. The van der Waals surface area contributed by atoms with Crippen molar-refractivity contribution >= 4 is 0 Å². The van der Waals surface area contributed by atoms with E-state index in [1.807, 2.05) is 26.1 Å². The Morgan fingerprint density at radius 1 is 1.19 bits per heavy atom. The molecule has 1 aromatic heterocycles. The summed E-state index contributed by atoms with van der Waals surface area (Å²) >= 11 is 0. The van der Waals surface area contributed by atoms with Gasteiger partial charge < -0.3 is 10.0 Å². The molecule has 2 rings (SSSR count). The molecule has 21 heavy (non-hydrogen) atoms. The second kappa shape index (κ2) is 7.29. The van der Waals surface area contributed by atoms with E-state index >= 15 is 0 Å². The summed E-state index contributed by atoms with van der Waals surface area (Å²) in [4.78, 5) is 6.11. The third-order valence-corrected chi connectivity index (χ3v) is 3.56. The molecule has 0 spiro atoms. The maximum atomic E-state index is 13.7. The van der Waals surface area contributed by atoms with E-state index in [2.05, 4.69) is 9.88 Å². The number of aromatic nitrogens is 1. The maximum Gasteiger partial charge on any atom is 0.129 e. The number of aliphatic hydroxyl groups is 1. The number of rotatable bonds is 6. The lowest BCUT2D eigenvalue weighted by Crippen LogP contribution is -2.27. The molecule has 0 fully saturated rings. The number of nitrogens with zero attached hydrogens (tertiary/aromatic N) is 2. The van der Waals surface area contributed by atoms with E-state index in [0.29, 0.717) is 12.1 Å². The summed E-state index contributed by atoms with van der Waals surface area (Å²) < 4.78 is 13.7. The van der Waals surface area contributed by atoms with Crippen LogP contribution in [0.25, 0.3) is 0 Å². The average molecular weight is 288 g/mol. The summed E-state index contributed by atoms with van der Waals surface area (Å²) in [5.41, 5.74) is 1.53. The summed E-state index contributed by atoms with van der Waals surface area (Å²) in [6, 6.07) is 10.3. The number of aliphatic hydroxyl groups excluding tert-OH is 1. The zero-order valence-corrected chi connectivity index (χ0v) is 12.4. The molecule has 0 radical (unpaired) electrons. The maximum absolute atomic E-state index is 13.7. The molecular formula is C17H21FN2O. The first-order valence-electron chi connectivity index (χ1n) is 7.08. The van der Waals surface area contributed by atoms with Gasteiger partial charge in [0.25, 0.3) is 0 Å². The van der Waals surface area contributed by atoms with Crippen LogP contribution in [-0.4, -0.2) is 28.6 Å². The van der Waals surface area contributed by atoms with E-state index in [4.69, 9.17) is 0 Å². The van der Waals surface area contributed by atoms with Crippen molar-refractivity contribution in [1.29, 1.82) is 0 Å². The third kappa shape index (κ3) is 4.34. The minimum atomic E-state index is -0.800. The highest BCUT2D eigenvalue weighted by molar-refractivity contribution is 5.20. The van der Waals surface area contributed by atoms with Gasteiger partial charge in [-0.25, -0.2) is 4.39 Å². The molecule has 0 aliphatic rings. The summed E-state index contributed by atoms with van der Waals surface area (Å²) in [6.45, 7) is 3.38. The van der Waals surface area contributed by atoms with Crippen LogP contribution in [0.1, 0.15) is 24.2 Å². The van der Waals surface area contributed by atoms with Gasteiger partial charge in [0, 0.05) is 31.0 Å². The van der Waals surface area contributed by atoms with Crippen molar-refractivity contribution < 1.29 is 9.50 Å². The van der Waals surface area contributed by atoms with E-state index in [1.54, 1.807) is 30.6 Å². The summed E-state index contributed by atoms with van der Waals surface area (Å²) in [7, 11) is 1.99. The van der Waals surface area contributed by atoms with Gasteiger partial charge in [0.1, 0.15) is 5.82 Å². The highest BCUT2D eigenvalue weighted by Gasteiger charge is 2.20. The van der Waals surface area contributed by atoms with Crippen molar-refractivity contribution in [2.24, 2.45) is 5.92 Å². The van der Waals surface area contributed by atoms with Gasteiger partial charge in [-0.1, -0.05) is 25.1 Å². The summed E-state index contributed by atoms with van der Waals surface area (Å²) in [5, 5.41) is 10.3. The Morgan fingerprint density at radius 2 is 1.86 bits per heavy atom. The van der Waals surface area contributed by atoms with Crippen LogP contribution in [-0.2, 0) is 6.54 Å². The standard InChI is InChI=1S/C17H21FN2O/c1-13(17(21)15-5-3-4-6-16(15)18)11-20(2)12-14-7-9-19-10-8-14/h3-10,13,17,21H,11-12H2,1-2H3. The fourth-order valence-corrected chi connectivity index (χ4v) is 2.48. The molecule has 1 aromatic carbocycles. The lowest BCUT2D eigenvalue weighted by Gasteiger charge is -2.25. The van der Waals surface area contributed by atoms with E-state index in [1.165, 1.54) is 11.6 Å². The lowest BCUT2D eigenvalue weighted by molar-refractivity contribution is 0.0902.